The highest BCUT2D eigenvalue weighted by atomic mass is 16.7. The molecule has 0 aromatic carbocycles. The monoisotopic (exact) mass is 917 g/mol. The molecular formula is C56H102NO8+. The molecule has 0 aliphatic rings. The lowest BCUT2D eigenvalue weighted by Crippen LogP contribution is -2.40. The van der Waals surface area contributed by atoms with Crippen LogP contribution < -0.4 is 0 Å². The number of hydrogen-bond acceptors (Lipinski definition) is 7. The third-order valence-corrected chi connectivity index (χ3v) is 11.6. The first-order valence-electron chi connectivity index (χ1n) is 26.8. The van der Waals surface area contributed by atoms with Crippen molar-refractivity contribution in [1.29, 1.82) is 0 Å². The summed E-state index contributed by atoms with van der Waals surface area (Å²) in [7, 11) is 5.96. The van der Waals surface area contributed by atoms with E-state index in [1.54, 1.807) is 0 Å². The number of hydrogen-bond donors (Lipinski definition) is 1. The zero-order chi connectivity index (χ0) is 47.7. The number of carbonyl (C=O) groups excluding carboxylic acids is 2. The van der Waals surface area contributed by atoms with Crippen LogP contribution in [0, 0.1) is 0 Å². The minimum Gasteiger partial charge on any atom is -0.477 e. The highest BCUT2D eigenvalue weighted by Crippen LogP contribution is 2.15. The van der Waals surface area contributed by atoms with E-state index in [0.29, 0.717) is 17.4 Å². The zero-order valence-corrected chi connectivity index (χ0v) is 42.9. The van der Waals surface area contributed by atoms with E-state index in [1.807, 2.05) is 21.1 Å². The number of quaternary nitrogens is 1. The molecule has 378 valence electrons. The van der Waals surface area contributed by atoms with Gasteiger partial charge in [-0.3, -0.25) is 9.59 Å². The van der Waals surface area contributed by atoms with Gasteiger partial charge in [-0.05, 0) is 70.6 Å². The number of carboxylic acid groups (broad SMARTS) is 1. The Balaban J connectivity index is 4.16. The number of aliphatic carboxylic acids is 1. The number of unbranched alkanes of at least 4 members (excludes halogenated alkanes) is 26. The second-order valence-corrected chi connectivity index (χ2v) is 19.2. The maximum absolute atomic E-state index is 12.8. The Hall–Kier alpha value is -2.75. The lowest BCUT2D eigenvalue weighted by atomic mass is 10.0. The minimum absolute atomic E-state index is 0.186. The Kier molecular flexibility index (Phi) is 45.7. The van der Waals surface area contributed by atoms with Crippen LogP contribution in [0.3, 0.4) is 0 Å². The van der Waals surface area contributed by atoms with Gasteiger partial charge < -0.3 is 28.5 Å². The van der Waals surface area contributed by atoms with Crippen molar-refractivity contribution >= 4 is 17.9 Å². The molecule has 0 aromatic rings. The van der Waals surface area contributed by atoms with Crippen molar-refractivity contribution in [2.45, 2.75) is 245 Å². The van der Waals surface area contributed by atoms with Crippen LogP contribution in [0.5, 0.6) is 0 Å². The topological polar surface area (TPSA) is 108 Å². The largest absolute Gasteiger partial charge is 0.477 e. The summed E-state index contributed by atoms with van der Waals surface area (Å²) in [5.74, 6) is -2.02. The summed E-state index contributed by atoms with van der Waals surface area (Å²) in [6, 6.07) is 0. The van der Waals surface area contributed by atoms with Crippen LogP contribution in [-0.4, -0.2) is 87.4 Å². The summed E-state index contributed by atoms with van der Waals surface area (Å²) < 4.78 is 22.8. The van der Waals surface area contributed by atoms with Gasteiger partial charge in [0.2, 0.25) is 0 Å². The van der Waals surface area contributed by atoms with E-state index in [2.05, 4.69) is 62.5 Å². The van der Waals surface area contributed by atoms with Gasteiger partial charge in [-0.2, -0.15) is 0 Å². The van der Waals surface area contributed by atoms with Gasteiger partial charge in [0.1, 0.15) is 13.2 Å². The number of rotatable bonds is 49. The van der Waals surface area contributed by atoms with Crippen LogP contribution in [0.1, 0.15) is 232 Å². The molecule has 0 aromatic heterocycles. The Labute approximate surface area is 400 Å². The van der Waals surface area contributed by atoms with E-state index < -0.39 is 24.3 Å². The van der Waals surface area contributed by atoms with Crippen LogP contribution in [0.15, 0.2) is 48.6 Å². The predicted molar refractivity (Wildman–Crippen MR) is 272 cm³/mol. The molecule has 2 atom stereocenters. The highest BCUT2D eigenvalue weighted by molar-refractivity contribution is 5.71. The average Bonchev–Trinajstić information content (AvgIpc) is 3.27. The van der Waals surface area contributed by atoms with Crippen LogP contribution in [-0.2, 0) is 33.3 Å². The molecule has 65 heavy (non-hydrogen) atoms. The number of likely N-dealkylation sites (N-methyl/N-ethyl adjacent to an activating group) is 1. The number of carboxylic acids is 1. The third kappa shape index (κ3) is 49.0. The standard InChI is InChI=1S/C56H101NO8/c1-6-8-10-12-14-16-18-19-20-21-22-23-24-25-26-27-28-29-30-31-32-33-34-35-37-39-41-43-45-47-54(59)65-52(51-64-56(55(60)61)62-49-48-57(3,4)5)50-63-53(58)46-44-42-40-38-36-17-15-13-11-9-7-2/h13,15,18-19,21-22,24-25,52,56H,6-12,14,16-17,20,23,26-51H2,1-5H3/p+1/b15-13-,19-18-,22-21-,25-24-. The summed E-state index contributed by atoms with van der Waals surface area (Å²) in [4.78, 5) is 37.2. The molecule has 0 aliphatic heterocycles. The fourth-order valence-corrected chi connectivity index (χ4v) is 7.35. The van der Waals surface area contributed by atoms with Gasteiger partial charge in [-0.25, -0.2) is 4.79 Å². The lowest BCUT2D eigenvalue weighted by molar-refractivity contribution is -0.870. The van der Waals surface area contributed by atoms with E-state index in [1.165, 1.54) is 128 Å². The maximum atomic E-state index is 12.8. The molecule has 0 amide bonds. The number of ether oxygens (including phenoxy) is 4. The summed E-state index contributed by atoms with van der Waals surface area (Å²) in [6.45, 7) is 4.82. The highest BCUT2D eigenvalue weighted by Gasteiger charge is 2.25. The minimum atomic E-state index is -1.51. The van der Waals surface area contributed by atoms with Crippen molar-refractivity contribution in [1.82, 2.24) is 0 Å². The molecule has 9 heteroatoms. The maximum Gasteiger partial charge on any atom is 0.361 e. The van der Waals surface area contributed by atoms with E-state index >= 15 is 0 Å². The summed E-state index contributed by atoms with van der Waals surface area (Å²) in [5, 5.41) is 9.66. The quantitative estimate of drug-likeness (QED) is 0.0211. The lowest BCUT2D eigenvalue weighted by Gasteiger charge is -2.25. The number of allylic oxidation sites excluding steroid dienone is 8. The van der Waals surface area contributed by atoms with Gasteiger partial charge in [0, 0.05) is 12.8 Å². The summed E-state index contributed by atoms with van der Waals surface area (Å²) >= 11 is 0. The van der Waals surface area contributed by atoms with Gasteiger partial charge in [-0.1, -0.05) is 197 Å². The predicted octanol–water partition coefficient (Wildman–Crippen LogP) is 15.1. The van der Waals surface area contributed by atoms with E-state index in [4.69, 9.17) is 18.9 Å². The van der Waals surface area contributed by atoms with Crippen molar-refractivity contribution in [2.24, 2.45) is 0 Å². The molecule has 0 saturated carbocycles. The zero-order valence-electron chi connectivity index (χ0n) is 42.9. The second-order valence-electron chi connectivity index (χ2n) is 19.2. The normalized spacial score (nSPS) is 13.2. The van der Waals surface area contributed by atoms with Gasteiger partial charge in [0.05, 0.1) is 34.4 Å². The third-order valence-electron chi connectivity index (χ3n) is 11.6. The van der Waals surface area contributed by atoms with Gasteiger partial charge in [-0.15, -0.1) is 0 Å². The fraction of sp³-hybridized carbons (Fsp3) is 0.804. The van der Waals surface area contributed by atoms with Gasteiger partial charge in [0.25, 0.3) is 6.29 Å². The first kappa shape index (κ1) is 62.2. The summed E-state index contributed by atoms with van der Waals surface area (Å²) in [5.41, 5.74) is 0. The molecule has 0 aliphatic carbocycles. The number of nitrogens with zero attached hydrogens (tertiary/aromatic N) is 1. The average molecular weight is 917 g/mol. The smallest absolute Gasteiger partial charge is 0.361 e. The number of carbonyl (C=O) groups is 3. The molecule has 2 unspecified atom stereocenters. The first-order valence-corrected chi connectivity index (χ1v) is 26.8. The molecule has 0 spiro atoms. The van der Waals surface area contributed by atoms with E-state index in [0.717, 1.165) is 77.0 Å². The van der Waals surface area contributed by atoms with Crippen molar-refractivity contribution in [3.63, 3.8) is 0 Å². The molecule has 1 N–H and O–H groups in total. The van der Waals surface area contributed by atoms with E-state index in [9.17, 15) is 19.5 Å². The SMILES string of the molecule is CCCC/C=C\CCCCCCCC(=O)OCC(COC(OCC[N+](C)(C)C)C(=O)O)OC(=O)CCCCCCCCCCCCCCCC/C=C\C/C=C\C/C=C\CCCCCCC. The fourth-order valence-electron chi connectivity index (χ4n) is 7.35. The molecule has 9 nitrogen and oxygen atoms in total. The van der Waals surface area contributed by atoms with Crippen LogP contribution >= 0.6 is 0 Å². The molecule has 0 bridgehead atoms. The molecule has 0 heterocycles. The first-order chi connectivity index (χ1) is 31.6. The molecule has 0 fully saturated rings. The molecule has 0 rings (SSSR count). The summed E-state index contributed by atoms with van der Waals surface area (Å²) in [6.07, 6.45) is 54.8. The number of esters is 2. The van der Waals surface area contributed by atoms with Gasteiger partial charge >= 0.3 is 17.9 Å². The van der Waals surface area contributed by atoms with Crippen molar-refractivity contribution < 1.29 is 42.9 Å². The Morgan fingerprint density at radius 3 is 1.29 bits per heavy atom. The van der Waals surface area contributed by atoms with Crippen molar-refractivity contribution in [3.05, 3.63) is 48.6 Å². The van der Waals surface area contributed by atoms with E-state index in [-0.39, 0.29) is 32.2 Å². The Bertz CT molecular complexity index is 1210. The van der Waals surface area contributed by atoms with Crippen molar-refractivity contribution in [3.8, 4) is 0 Å². The van der Waals surface area contributed by atoms with Gasteiger partial charge in [0.15, 0.2) is 6.10 Å². The second kappa shape index (κ2) is 47.7. The molecule has 0 saturated heterocycles. The molecular weight excluding hydrogens is 815 g/mol. The van der Waals surface area contributed by atoms with Crippen LogP contribution in [0.2, 0.25) is 0 Å². The van der Waals surface area contributed by atoms with Crippen molar-refractivity contribution in [2.75, 3.05) is 47.5 Å². The van der Waals surface area contributed by atoms with Crippen LogP contribution in [0.25, 0.3) is 0 Å². The molecule has 0 radical (unpaired) electrons. The van der Waals surface area contributed by atoms with Crippen LogP contribution in [0.4, 0.5) is 0 Å². The Morgan fingerprint density at radius 2 is 0.846 bits per heavy atom. The Morgan fingerprint density at radius 1 is 0.462 bits per heavy atom.